The molecular formula is C21H23F3N4O2. The van der Waals surface area contributed by atoms with E-state index >= 15 is 0 Å². The van der Waals surface area contributed by atoms with E-state index in [0.717, 1.165) is 17.4 Å². The van der Waals surface area contributed by atoms with Gasteiger partial charge in [-0.05, 0) is 42.5 Å². The zero-order valence-corrected chi connectivity index (χ0v) is 16.3. The summed E-state index contributed by atoms with van der Waals surface area (Å²) in [5.74, 6) is 0. The number of nitrogens with two attached hydrogens (primary N) is 1. The molecule has 1 atom stereocenters. The van der Waals surface area contributed by atoms with Crippen molar-refractivity contribution < 1.29 is 22.7 Å². The van der Waals surface area contributed by atoms with Gasteiger partial charge in [-0.2, -0.15) is 13.2 Å². The van der Waals surface area contributed by atoms with Crippen molar-refractivity contribution in [3.05, 3.63) is 54.1 Å². The molecule has 6 nitrogen and oxygen atoms in total. The van der Waals surface area contributed by atoms with Crippen LogP contribution in [0.1, 0.15) is 5.56 Å². The number of ether oxygens (including phenoxy) is 1. The average molecular weight is 420 g/mol. The number of hydrogen-bond acceptors (Lipinski definition) is 5. The van der Waals surface area contributed by atoms with E-state index in [9.17, 15) is 18.0 Å². The topological polar surface area (TPSA) is 62.0 Å². The normalized spacial score (nSPS) is 19.9. The molecule has 9 heteroatoms. The minimum Gasteiger partial charge on any atom is -0.443 e. The fraction of sp³-hybridized carbons (Fsp3) is 0.381. The van der Waals surface area contributed by atoms with E-state index in [1.165, 1.54) is 12.1 Å². The van der Waals surface area contributed by atoms with Crippen LogP contribution in [0.3, 0.4) is 0 Å². The minimum absolute atomic E-state index is 0.288. The first-order valence-electron chi connectivity index (χ1n) is 9.80. The van der Waals surface area contributed by atoms with Gasteiger partial charge >= 0.3 is 12.3 Å². The lowest BCUT2D eigenvalue weighted by atomic mass is 10.1. The molecule has 160 valence electrons. The summed E-state index contributed by atoms with van der Waals surface area (Å²) in [7, 11) is 0. The molecule has 0 radical (unpaired) electrons. The summed E-state index contributed by atoms with van der Waals surface area (Å²) in [5, 5.41) is 0. The Morgan fingerprint density at radius 2 is 1.53 bits per heavy atom. The quantitative estimate of drug-likeness (QED) is 0.822. The summed E-state index contributed by atoms with van der Waals surface area (Å²) in [6, 6.07) is 13.1. The summed E-state index contributed by atoms with van der Waals surface area (Å²) < 4.78 is 44.1. The molecule has 2 heterocycles. The second kappa shape index (κ2) is 8.06. The van der Waals surface area contributed by atoms with Gasteiger partial charge in [0.25, 0.3) is 0 Å². The van der Waals surface area contributed by atoms with Crippen molar-refractivity contribution in [3.8, 4) is 0 Å². The predicted octanol–water partition coefficient (Wildman–Crippen LogP) is 3.32. The number of alkyl halides is 3. The number of carbonyl (C=O) groups excluding carboxylic acids is 1. The van der Waals surface area contributed by atoms with Crippen LogP contribution in [0.4, 0.5) is 35.0 Å². The Labute approximate surface area is 172 Å². The van der Waals surface area contributed by atoms with Gasteiger partial charge in [-0.1, -0.05) is 6.07 Å². The number of cyclic esters (lactones) is 1. The van der Waals surface area contributed by atoms with Gasteiger partial charge in [0.05, 0.1) is 12.1 Å². The van der Waals surface area contributed by atoms with E-state index < -0.39 is 17.8 Å². The van der Waals surface area contributed by atoms with Crippen LogP contribution in [0.25, 0.3) is 0 Å². The maximum absolute atomic E-state index is 13.0. The third kappa shape index (κ3) is 4.16. The third-order valence-corrected chi connectivity index (χ3v) is 5.48. The molecule has 30 heavy (non-hydrogen) atoms. The smallest absolute Gasteiger partial charge is 0.416 e. The van der Waals surface area contributed by atoms with Crippen molar-refractivity contribution in [2.45, 2.75) is 12.3 Å². The lowest BCUT2D eigenvalue weighted by molar-refractivity contribution is -0.137. The summed E-state index contributed by atoms with van der Waals surface area (Å²) >= 11 is 0. The number of amides is 1. The van der Waals surface area contributed by atoms with Crippen LogP contribution in [-0.4, -0.2) is 51.5 Å². The van der Waals surface area contributed by atoms with Crippen LogP contribution in [0.5, 0.6) is 0 Å². The number of hydrogen-bond donors (Lipinski definition) is 1. The number of benzene rings is 2. The highest BCUT2D eigenvalue weighted by atomic mass is 19.4. The van der Waals surface area contributed by atoms with Crippen molar-refractivity contribution in [2.75, 3.05) is 54.0 Å². The van der Waals surface area contributed by atoms with Crippen LogP contribution in [0, 0.1) is 0 Å². The Balaban J connectivity index is 1.38. The Bertz CT molecular complexity index is 896. The predicted molar refractivity (Wildman–Crippen MR) is 109 cm³/mol. The molecule has 2 N–H and O–H groups in total. The summed E-state index contributed by atoms with van der Waals surface area (Å²) in [6.45, 7) is 3.35. The Kier molecular flexibility index (Phi) is 5.46. The average Bonchev–Trinajstić information content (AvgIpc) is 3.14. The largest absolute Gasteiger partial charge is 0.443 e. The van der Waals surface area contributed by atoms with Gasteiger partial charge in [-0.25, -0.2) is 4.79 Å². The molecule has 2 fully saturated rings. The summed E-state index contributed by atoms with van der Waals surface area (Å²) in [5.41, 5.74) is 7.28. The highest BCUT2D eigenvalue weighted by Gasteiger charge is 2.32. The van der Waals surface area contributed by atoms with Gasteiger partial charge < -0.3 is 20.3 Å². The number of anilines is 3. The van der Waals surface area contributed by atoms with E-state index in [2.05, 4.69) is 4.90 Å². The van der Waals surface area contributed by atoms with E-state index in [1.54, 1.807) is 11.0 Å². The van der Waals surface area contributed by atoms with Gasteiger partial charge in [0.2, 0.25) is 0 Å². The van der Waals surface area contributed by atoms with Crippen molar-refractivity contribution in [1.82, 2.24) is 0 Å². The zero-order valence-electron chi connectivity index (χ0n) is 16.3. The first-order chi connectivity index (χ1) is 14.3. The highest BCUT2D eigenvalue weighted by Crippen LogP contribution is 2.32. The monoisotopic (exact) mass is 420 g/mol. The minimum atomic E-state index is -4.34. The SMILES string of the molecule is NC[C@H]1CN(c2ccc(N3CCN(c4cccc(C(F)(F)F)c4)CC3)cc2)C(=O)O1. The first-order valence-corrected chi connectivity index (χ1v) is 9.80. The van der Waals surface area contributed by atoms with Crippen LogP contribution in [-0.2, 0) is 10.9 Å². The molecule has 0 bridgehead atoms. The maximum atomic E-state index is 13.0. The van der Waals surface area contributed by atoms with Crippen LogP contribution in [0.2, 0.25) is 0 Å². The number of rotatable bonds is 4. The number of nitrogens with zero attached hydrogens (tertiary/aromatic N) is 3. The standard InChI is InChI=1S/C21H23F3N4O2/c22-21(23,24)15-2-1-3-18(12-15)27-10-8-26(9-11-27)16-4-6-17(7-5-16)28-14-19(13-25)30-20(28)29/h1-7,12,19H,8-11,13-14,25H2/t19-/m0/s1. The van der Waals surface area contributed by atoms with Crippen molar-refractivity contribution in [3.63, 3.8) is 0 Å². The van der Waals surface area contributed by atoms with E-state index in [4.69, 9.17) is 10.5 Å². The first kappa shape index (κ1) is 20.3. The molecule has 2 aromatic rings. The van der Waals surface area contributed by atoms with E-state index in [-0.39, 0.29) is 12.6 Å². The van der Waals surface area contributed by atoms with Crippen LogP contribution < -0.4 is 20.4 Å². The molecule has 4 rings (SSSR count). The second-order valence-electron chi connectivity index (χ2n) is 7.39. The molecule has 0 unspecified atom stereocenters. The zero-order chi connectivity index (χ0) is 21.3. The van der Waals surface area contributed by atoms with E-state index in [1.807, 2.05) is 29.2 Å². The fourth-order valence-corrected chi connectivity index (χ4v) is 3.80. The molecule has 1 amide bonds. The van der Waals surface area contributed by atoms with E-state index in [0.29, 0.717) is 38.4 Å². The van der Waals surface area contributed by atoms with Gasteiger partial charge in [0.15, 0.2) is 0 Å². The second-order valence-corrected chi connectivity index (χ2v) is 7.39. The Morgan fingerprint density at radius 3 is 2.10 bits per heavy atom. The van der Waals surface area contributed by atoms with Crippen LogP contribution >= 0.6 is 0 Å². The molecule has 2 aliphatic heterocycles. The molecule has 2 aromatic carbocycles. The molecule has 0 spiro atoms. The summed E-state index contributed by atoms with van der Waals surface area (Å²) in [6.07, 6.45) is -5.03. The lowest BCUT2D eigenvalue weighted by Gasteiger charge is -2.37. The van der Waals surface area contributed by atoms with Crippen molar-refractivity contribution in [2.24, 2.45) is 5.73 Å². The van der Waals surface area contributed by atoms with Crippen LogP contribution in [0.15, 0.2) is 48.5 Å². The third-order valence-electron chi connectivity index (χ3n) is 5.48. The molecule has 0 saturated carbocycles. The molecule has 0 aliphatic carbocycles. The number of piperazine rings is 1. The molecular weight excluding hydrogens is 397 g/mol. The number of halogens is 3. The van der Waals surface area contributed by atoms with Crippen molar-refractivity contribution in [1.29, 1.82) is 0 Å². The van der Waals surface area contributed by atoms with Gasteiger partial charge in [-0.15, -0.1) is 0 Å². The fourth-order valence-electron chi connectivity index (χ4n) is 3.80. The van der Waals surface area contributed by atoms with Gasteiger partial charge in [0, 0.05) is 49.8 Å². The Hall–Kier alpha value is -2.94. The summed E-state index contributed by atoms with van der Waals surface area (Å²) in [4.78, 5) is 17.7. The van der Waals surface area contributed by atoms with Gasteiger partial charge in [-0.3, -0.25) is 4.90 Å². The Morgan fingerprint density at radius 1 is 0.933 bits per heavy atom. The van der Waals surface area contributed by atoms with Crippen molar-refractivity contribution >= 4 is 23.2 Å². The molecule has 2 aliphatic rings. The maximum Gasteiger partial charge on any atom is 0.416 e. The number of carbonyl (C=O) groups is 1. The lowest BCUT2D eigenvalue weighted by Crippen LogP contribution is -2.46. The molecule has 0 aromatic heterocycles. The highest BCUT2D eigenvalue weighted by molar-refractivity contribution is 5.90. The molecule has 2 saturated heterocycles. The van der Waals surface area contributed by atoms with Gasteiger partial charge in [0.1, 0.15) is 6.10 Å².